The lowest BCUT2D eigenvalue weighted by Crippen LogP contribution is -2.29. The zero-order chi connectivity index (χ0) is 16.7. The normalized spacial score (nSPS) is 24.0. The van der Waals surface area contributed by atoms with E-state index in [0.29, 0.717) is 11.8 Å². The summed E-state index contributed by atoms with van der Waals surface area (Å²) in [5.41, 5.74) is 3.71. The molecule has 1 aliphatic carbocycles. The topological polar surface area (TPSA) is 30.5 Å². The van der Waals surface area contributed by atoms with Crippen LogP contribution in [-0.2, 0) is 0 Å². The lowest BCUT2D eigenvalue weighted by atomic mass is 9.77. The average Bonchev–Trinajstić information content (AvgIpc) is 3.10. The maximum Gasteiger partial charge on any atom is 0.165 e. The quantitative estimate of drug-likeness (QED) is 0.727. The molecule has 3 nitrogen and oxygen atoms in total. The Bertz CT molecular complexity index is 802. The minimum Gasteiger partial charge on any atom is -0.493 e. The summed E-state index contributed by atoms with van der Waals surface area (Å²) in [6.07, 6.45) is 5.71. The van der Waals surface area contributed by atoms with Crippen LogP contribution in [0.3, 0.4) is 0 Å². The Hall–Kier alpha value is -1.94. The predicted octanol–water partition coefficient (Wildman–Crippen LogP) is 5.29. The van der Waals surface area contributed by atoms with Crippen LogP contribution in [0.2, 0.25) is 0 Å². The van der Waals surface area contributed by atoms with Crippen LogP contribution in [-0.4, -0.2) is 14.2 Å². The van der Waals surface area contributed by atoms with Crippen LogP contribution >= 0.6 is 15.9 Å². The van der Waals surface area contributed by atoms with Gasteiger partial charge in [0.05, 0.1) is 20.3 Å². The number of hydrogen-bond acceptors (Lipinski definition) is 3. The third kappa shape index (κ3) is 2.40. The van der Waals surface area contributed by atoms with Crippen molar-refractivity contribution >= 4 is 21.6 Å². The third-order valence-corrected chi connectivity index (χ3v) is 5.59. The van der Waals surface area contributed by atoms with Crippen LogP contribution in [0.5, 0.6) is 11.5 Å². The molecule has 0 radical (unpaired) electrons. The minimum atomic E-state index is 0.198. The van der Waals surface area contributed by atoms with Gasteiger partial charge in [-0.2, -0.15) is 0 Å². The Morgan fingerprint density at radius 2 is 1.96 bits per heavy atom. The highest BCUT2D eigenvalue weighted by atomic mass is 79.9. The summed E-state index contributed by atoms with van der Waals surface area (Å²) in [6.45, 7) is 0. The van der Waals surface area contributed by atoms with E-state index >= 15 is 0 Å². The lowest BCUT2D eigenvalue weighted by Gasteiger charge is -2.38. The van der Waals surface area contributed by atoms with E-state index in [2.05, 4.69) is 57.7 Å². The molecule has 0 bridgehead atoms. The Balaban J connectivity index is 1.82. The van der Waals surface area contributed by atoms with Crippen LogP contribution in [0, 0.1) is 5.92 Å². The van der Waals surface area contributed by atoms with Gasteiger partial charge in [-0.1, -0.05) is 40.2 Å². The molecule has 3 atom stereocenters. The van der Waals surface area contributed by atoms with Crippen molar-refractivity contribution in [2.75, 3.05) is 19.5 Å². The van der Waals surface area contributed by atoms with E-state index in [1.165, 1.54) is 11.3 Å². The highest BCUT2D eigenvalue weighted by Gasteiger charge is 2.39. The van der Waals surface area contributed by atoms with E-state index in [-0.39, 0.29) is 6.04 Å². The van der Waals surface area contributed by atoms with Crippen molar-refractivity contribution in [2.45, 2.75) is 18.4 Å². The third-order valence-electron chi connectivity index (χ3n) is 5.09. The molecule has 24 heavy (non-hydrogen) atoms. The molecule has 1 aliphatic heterocycles. The van der Waals surface area contributed by atoms with E-state index in [0.717, 1.165) is 28.0 Å². The first-order chi connectivity index (χ1) is 11.7. The molecule has 2 aromatic carbocycles. The summed E-state index contributed by atoms with van der Waals surface area (Å²) in [5, 5.41) is 3.74. The van der Waals surface area contributed by atoms with Gasteiger partial charge in [-0.15, -0.1) is 0 Å². The first kappa shape index (κ1) is 15.6. The van der Waals surface area contributed by atoms with E-state index in [4.69, 9.17) is 9.47 Å². The number of fused-ring (bicyclic) bond motifs is 3. The molecule has 2 aliphatic rings. The number of halogens is 1. The van der Waals surface area contributed by atoms with Gasteiger partial charge in [0.15, 0.2) is 11.5 Å². The van der Waals surface area contributed by atoms with Crippen LogP contribution in [0.1, 0.15) is 29.5 Å². The molecule has 4 rings (SSSR count). The van der Waals surface area contributed by atoms with E-state index in [1.807, 2.05) is 12.1 Å². The van der Waals surface area contributed by atoms with Crippen molar-refractivity contribution in [3.8, 4) is 11.5 Å². The monoisotopic (exact) mass is 385 g/mol. The SMILES string of the molecule is COc1cccc([C@@H]2Nc3ccc(Br)cc3[C@@H]3C=CC[C@@H]32)c1OC. The number of para-hydroxylation sites is 1. The molecule has 0 saturated carbocycles. The van der Waals surface area contributed by atoms with E-state index in [1.54, 1.807) is 14.2 Å². The second-order valence-electron chi connectivity index (χ2n) is 6.29. The largest absolute Gasteiger partial charge is 0.493 e. The second-order valence-corrected chi connectivity index (χ2v) is 7.21. The number of rotatable bonds is 3. The fraction of sp³-hybridized carbons (Fsp3) is 0.300. The summed E-state index contributed by atoms with van der Waals surface area (Å²) in [4.78, 5) is 0. The van der Waals surface area contributed by atoms with Crippen molar-refractivity contribution in [2.24, 2.45) is 5.92 Å². The fourth-order valence-corrected chi connectivity index (χ4v) is 4.41. The van der Waals surface area contributed by atoms with Crippen LogP contribution < -0.4 is 14.8 Å². The lowest BCUT2D eigenvalue weighted by molar-refractivity contribution is 0.341. The highest BCUT2D eigenvalue weighted by molar-refractivity contribution is 9.10. The second kappa shape index (κ2) is 6.17. The number of ether oxygens (including phenoxy) is 2. The number of hydrogen-bond donors (Lipinski definition) is 1. The van der Waals surface area contributed by atoms with Gasteiger partial charge in [0.25, 0.3) is 0 Å². The summed E-state index contributed by atoms with van der Waals surface area (Å²) in [7, 11) is 3.39. The number of nitrogens with one attached hydrogen (secondary N) is 1. The molecule has 0 saturated heterocycles. The van der Waals surface area contributed by atoms with Gasteiger partial charge in [-0.3, -0.25) is 0 Å². The maximum absolute atomic E-state index is 5.68. The molecule has 4 heteroatoms. The summed E-state index contributed by atoms with van der Waals surface area (Å²) in [6, 6.07) is 12.8. The van der Waals surface area contributed by atoms with Crippen molar-refractivity contribution < 1.29 is 9.47 Å². The molecule has 0 spiro atoms. The molecule has 124 valence electrons. The zero-order valence-electron chi connectivity index (χ0n) is 13.8. The van der Waals surface area contributed by atoms with E-state index < -0.39 is 0 Å². The Morgan fingerprint density at radius 3 is 2.75 bits per heavy atom. The molecule has 0 unspecified atom stereocenters. The van der Waals surface area contributed by atoms with Gasteiger partial charge >= 0.3 is 0 Å². The Kier molecular flexibility index (Phi) is 4.01. The van der Waals surface area contributed by atoms with Gasteiger partial charge in [-0.05, 0) is 42.2 Å². The molecular formula is C20H20BrNO2. The summed E-state index contributed by atoms with van der Waals surface area (Å²) in [5.74, 6) is 2.51. The molecule has 1 N–H and O–H groups in total. The number of benzene rings is 2. The van der Waals surface area contributed by atoms with E-state index in [9.17, 15) is 0 Å². The van der Waals surface area contributed by atoms with Gasteiger partial charge in [-0.25, -0.2) is 0 Å². The molecule has 0 aromatic heterocycles. The first-order valence-electron chi connectivity index (χ1n) is 8.16. The molecular weight excluding hydrogens is 366 g/mol. The smallest absolute Gasteiger partial charge is 0.165 e. The summed E-state index contributed by atoms with van der Waals surface area (Å²) < 4.78 is 12.3. The summed E-state index contributed by atoms with van der Waals surface area (Å²) >= 11 is 3.60. The van der Waals surface area contributed by atoms with Gasteiger partial charge in [0.1, 0.15) is 0 Å². The zero-order valence-corrected chi connectivity index (χ0v) is 15.3. The highest BCUT2D eigenvalue weighted by Crippen LogP contribution is 2.52. The van der Waals surface area contributed by atoms with Gasteiger partial charge in [0.2, 0.25) is 0 Å². The fourth-order valence-electron chi connectivity index (χ4n) is 4.03. The number of allylic oxidation sites excluding steroid dienone is 2. The first-order valence-corrected chi connectivity index (χ1v) is 8.95. The van der Waals surface area contributed by atoms with Crippen LogP contribution in [0.15, 0.2) is 53.0 Å². The predicted molar refractivity (Wildman–Crippen MR) is 100 cm³/mol. The van der Waals surface area contributed by atoms with Crippen molar-refractivity contribution in [1.82, 2.24) is 0 Å². The number of anilines is 1. The molecule has 0 amide bonds. The Labute approximate surface area is 150 Å². The average molecular weight is 386 g/mol. The molecule has 0 fully saturated rings. The van der Waals surface area contributed by atoms with Crippen molar-refractivity contribution in [3.05, 3.63) is 64.1 Å². The number of methoxy groups -OCH3 is 2. The van der Waals surface area contributed by atoms with Crippen molar-refractivity contribution in [1.29, 1.82) is 0 Å². The standard InChI is InChI=1S/C20H20BrNO2/c1-23-18-8-4-7-15(20(18)24-2)19-14-6-3-5-13(14)16-11-12(21)9-10-17(16)22-19/h3-5,7-11,13-14,19,22H,6H2,1-2H3/t13-,14+,19-/m1/s1. The molecule has 2 aromatic rings. The van der Waals surface area contributed by atoms with Gasteiger partial charge < -0.3 is 14.8 Å². The van der Waals surface area contributed by atoms with Crippen LogP contribution in [0.25, 0.3) is 0 Å². The molecule has 1 heterocycles. The Morgan fingerprint density at radius 1 is 1.08 bits per heavy atom. The van der Waals surface area contributed by atoms with Crippen LogP contribution in [0.4, 0.5) is 5.69 Å². The van der Waals surface area contributed by atoms with Crippen molar-refractivity contribution in [3.63, 3.8) is 0 Å². The minimum absolute atomic E-state index is 0.198. The van der Waals surface area contributed by atoms with Gasteiger partial charge in [0, 0.05) is 21.6 Å². The maximum atomic E-state index is 5.68.